The van der Waals surface area contributed by atoms with E-state index in [1.165, 1.54) is 42.4 Å². The summed E-state index contributed by atoms with van der Waals surface area (Å²) in [4.78, 5) is 0. The third-order valence-electron chi connectivity index (χ3n) is 3.36. The molecular weight excluding hydrogens is 194 g/mol. The predicted molar refractivity (Wildman–Crippen MR) is 66.2 cm³/mol. The summed E-state index contributed by atoms with van der Waals surface area (Å²) in [6, 6.07) is 9.14. The predicted octanol–water partition coefficient (Wildman–Crippen LogP) is 3.66. The van der Waals surface area contributed by atoms with Crippen molar-refractivity contribution in [2.45, 2.75) is 46.0 Å². The summed E-state index contributed by atoms with van der Waals surface area (Å²) in [5.41, 5.74) is 4.09. The minimum atomic E-state index is -0.247. The summed E-state index contributed by atoms with van der Waals surface area (Å²) < 4.78 is 0. The van der Waals surface area contributed by atoms with Crippen molar-refractivity contribution < 1.29 is 0 Å². The molecule has 0 unspecified atom stereocenters. The molecule has 0 radical (unpaired) electrons. The fourth-order valence-electron chi connectivity index (χ4n) is 2.45. The third kappa shape index (κ3) is 2.44. The molecule has 1 nitrogen and oxygen atoms in total. The van der Waals surface area contributed by atoms with Gasteiger partial charge >= 0.3 is 0 Å². The van der Waals surface area contributed by atoms with Crippen molar-refractivity contribution in [2.24, 2.45) is 5.41 Å². The van der Waals surface area contributed by atoms with Crippen LogP contribution in [0.15, 0.2) is 18.2 Å². The van der Waals surface area contributed by atoms with Crippen LogP contribution in [0.4, 0.5) is 0 Å². The topological polar surface area (TPSA) is 23.8 Å². The molecule has 0 atom stereocenters. The third-order valence-corrected chi connectivity index (χ3v) is 3.36. The number of nitriles is 1. The Balaban J connectivity index is 2.21. The first kappa shape index (κ1) is 11.2. The Morgan fingerprint density at radius 3 is 2.56 bits per heavy atom. The second-order valence-corrected chi connectivity index (χ2v) is 5.48. The maximum absolute atomic E-state index is 9.04. The zero-order valence-electron chi connectivity index (χ0n) is 10.2. The first-order valence-corrected chi connectivity index (χ1v) is 6.13. The van der Waals surface area contributed by atoms with E-state index in [0.717, 1.165) is 6.42 Å². The molecule has 0 bridgehead atoms. The number of hydrogen-bond donors (Lipinski definition) is 0. The quantitative estimate of drug-likeness (QED) is 0.735. The smallest absolute Gasteiger partial charge is 0.0687 e. The largest absolute Gasteiger partial charge is 0.198 e. The van der Waals surface area contributed by atoms with Gasteiger partial charge in [-0.3, -0.25) is 0 Å². The maximum atomic E-state index is 9.04. The highest BCUT2D eigenvalue weighted by molar-refractivity contribution is 5.34. The number of benzene rings is 1. The zero-order chi connectivity index (χ0) is 11.6. The molecule has 0 N–H and O–H groups in total. The molecule has 0 spiro atoms. The van der Waals surface area contributed by atoms with Crippen molar-refractivity contribution in [3.8, 4) is 6.07 Å². The fourth-order valence-corrected chi connectivity index (χ4v) is 2.45. The van der Waals surface area contributed by atoms with Crippen LogP contribution in [0, 0.1) is 16.7 Å². The van der Waals surface area contributed by atoms with Gasteiger partial charge in [0.1, 0.15) is 0 Å². The molecular formula is C15H19N. The molecule has 84 valence electrons. The lowest BCUT2D eigenvalue weighted by atomic mass is 9.84. The van der Waals surface area contributed by atoms with Crippen molar-refractivity contribution in [1.29, 1.82) is 5.26 Å². The van der Waals surface area contributed by atoms with Crippen LogP contribution in [0.2, 0.25) is 0 Å². The normalized spacial score (nSPS) is 15.3. The lowest BCUT2D eigenvalue weighted by molar-refractivity contribution is 0.493. The molecule has 1 aromatic rings. The summed E-state index contributed by atoms with van der Waals surface area (Å²) in [5, 5.41) is 9.04. The van der Waals surface area contributed by atoms with Gasteiger partial charge in [0.05, 0.1) is 11.5 Å². The van der Waals surface area contributed by atoms with Gasteiger partial charge < -0.3 is 0 Å². The molecule has 1 heteroatoms. The van der Waals surface area contributed by atoms with Gasteiger partial charge in [0.25, 0.3) is 0 Å². The molecule has 0 aromatic heterocycles. The Morgan fingerprint density at radius 1 is 1.19 bits per heavy atom. The number of rotatable bonds is 2. The minimum absolute atomic E-state index is 0.247. The fraction of sp³-hybridized carbons (Fsp3) is 0.533. The van der Waals surface area contributed by atoms with Gasteiger partial charge in [-0.25, -0.2) is 0 Å². The molecule has 0 amide bonds. The number of fused-ring (bicyclic) bond motifs is 1. The summed E-state index contributed by atoms with van der Waals surface area (Å²) in [6.45, 7) is 4.01. The first-order valence-electron chi connectivity index (χ1n) is 6.13. The van der Waals surface area contributed by atoms with Crippen molar-refractivity contribution in [3.05, 3.63) is 34.9 Å². The highest BCUT2D eigenvalue weighted by Crippen LogP contribution is 2.26. The average molecular weight is 213 g/mol. The van der Waals surface area contributed by atoms with E-state index in [1.54, 1.807) is 0 Å². The lowest BCUT2D eigenvalue weighted by Crippen LogP contribution is -2.12. The van der Waals surface area contributed by atoms with Gasteiger partial charge in [-0.2, -0.15) is 5.26 Å². The van der Waals surface area contributed by atoms with Gasteiger partial charge in [-0.05, 0) is 62.6 Å². The Hall–Kier alpha value is -1.29. The second kappa shape index (κ2) is 4.29. The van der Waals surface area contributed by atoms with E-state index in [4.69, 9.17) is 5.26 Å². The first-order chi connectivity index (χ1) is 7.61. The Labute approximate surface area is 98.1 Å². The summed E-state index contributed by atoms with van der Waals surface area (Å²) in [6.07, 6.45) is 5.96. The molecule has 0 heterocycles. The Bertz CT molecular complexity index is 424. The van der Waals surface area contributed by atoms with Crippen LogP contribution in [0.25, 0.3) is 0 Å². The molecule has 0 saturated heterocycles. The van der Waals surface area contributed by atoms with Crippen LogP contribution in [-0.4, -0.2) is 0 Å². The molecule has 0 aliphatic heterocycles. The standard InChI is InChI=1S/C15H19N/c1-15(2,11-16)10-12-7-8-13-5-3-4-6-14(13)9-12/h7-9H,3-6,10H2,1-2H3. The summed E-state index contributed by atoms with van der Waals surface area (Å²) >= 11 is 0. The molecule has 16 heavy (non-hydrogen) atoms. The van der Waals surface area contributed by atoms with E-state index in [2.05, 4.69) is 24.3 Å². The SMILES string of the molecule is CC(C)(C#N)Cc1ccc2c(c1)CCCC2. The van der Waals surface area contributed by atoms with Crippen molar-refractivity contribution >= 4 is 0 Å². The van der Waals surface area contributed by atoms with Crippen LogP contribution in [-0.2, 0) is 19.3 Å². The van der Waals surface area contributed by atoms with Crippen LogP contribution in [0.3, 0.4) is 0 Å². The number of aryl methyl sites for hydroxylation is 2. The van der Waals surface area contributed by atoms with E-state index in [9.17, 15) is 0 Å². The van der Waals surface area contributed by atoms with E-state index in [1.807, 2.05) is 13.8 Å². The summed E-state index contributed by atoms with van der Waals surface area (Å²) in [5.74, 6) is 0. The Morgan fingerprint density at radius 2 is 1.88 bits per heavy atom. The second-order valence-electron chi connectivity index (χ2n) is 5.48. The van der Waals surface area contributed by atoms with Gasteiger partial charge in [-0.15, -0.1) is 0 Å². The highest BCUT2D eigenvalue weighted by atomic mass is 14.3. The molecule has 1 aliphatic carbocycles. The van der Waals surface area contributed by atoms with E-state index >= 15 is 0 Å². The zero-order valence-corrected chi connectivity index (χ0v) is 10.2. The van der Waals surface area contributed by atoms with Crippen LogP contribution in [0.5, 0.6) is 0 Å². The van der Waals surface area contributed by atoms with E-state index < -0.39 is 0 Å². The maximum Gasteiger partial charge on any atom is 0.0687 e. The lowest BCUT2D eigenvalue weighted by Gasteiger charge is -2.19. The van der Waals surface area contributed by atoms with Crippen LogP contribution in [0.1, 0.15) is 43.4 Å². The van der Waals surface area contributed by atoms with E-state index in [0.29, 0.717) is 0 Å². The van der Waals surface area contributed by atoms with Crippen molar-refractivity contribution in [1.82, 2.24) is 0 Å². The van der Waals surface area contributed by atoms with Gasteiger partial charge in [-0.1, -0.05) is 18.2 Å². The molecule has 1 aliphatic rings. The Kier molecular flexibility index (Phi) is 3.01. The summed E-state index contributed by atoms with van der Waals surface area (Å²) in [7, 11) is 0. The minimum Gasteiger partial charge on any atom is -0.198 e. The molecule has 2 rings (SSSR count). The average Bonchev–Trinajstić information content (AvgIpc) is 2.28. The van der Waals surface area contributed by atoms with Gasteiger partial charge in [0.2, 0.25) is 0 Å². The number of hydrogen-bond acceptors (Lipinski definition) is 1. The van der Waals surface area contributed by atoms with Crippen molar-refractivity contribution in [3.63, 3.8) is 0 Å². The monoisotopic (exact) mass is 213 g/mol. The van der Waals surface area contributed by atoms with Crippen LogP contribution < -0.4 is 0 Å². The van der Waals surface area contributed by atoms with Crippen molar-refractivity contribution in [2.75, 3.05) is 0 Å². The molecule has 1 aromatic carbocycles. The van der Waals surface area contributed by atoms with E-state index in [-0.39, 0.29) is 5.41 Å². The highest BCUT2D eigenvalue weighted by Gasteiger charge is 2.18. The van der Waals surface area contributed by atoms with Crippen LogP contribution >= 0.6 is 0 Å². The molecule has 0 saturated carbocycles. The van der Waals surface area contributed by atoms with Gasteiger partial charge in [0, 0.05) is 0 Å². The molecule has 0 fully saturated rings. The van der Waals surface area contributed by atoms with Gasteiger partial charge in [0.15, 0.2) is 0 Å². The number of nitrogens with zero attached hydrogens (tertiary/aromatic N) is 1.